The van der Waals surface area contributed by atoms with Gasteiger partial charge < -0.3 is 9.64 Å². The third kappa shape index (κ3) is 1.92. The average Bonchev–Trinajstić information content (AvgIpc) is 3.25. The fourth-order valence-electron chi connectivity index (χ4n) is 4.37. The number of para-hydroxylation sites is 1. The summed E-state index contributed by atoms with van der Waals surface area (Å²) in [6.07, 6.45) is 4.45. The summed E-state index contributed by atoms with van der Waals surface area (Å²) in [6, 6.07) is 19.3. The van der Waals surface area contributed by atoms with Crippen LogP contribution in [-0.4, -0.2) is 12.8 Å². The second-order valence-electron chi connectivity index (χ2n) is 7.56. The van der Waals surface area contributed by atoms with Gasteiger partial charge in [0, 0.05) is 23.2 Å². The molecule has 3 heteroatoms. The summed E-state index contributed by atoms with van der Waals surface area (Å²) in [7, 11) is 2.13. The van der Waals surface area contributed by atoms with E-state index in [1.807, 2.05) is 0 Å². The van der Waals surface area contributed by atoms with Crippen molar-refractivity contribution in [1.82, 2.24) is 0 Å². The number of nitrogens with zero attached hydrogens (tertiary/aromatic N) is 1. The molecule has 2 aromatic carbocycles. The molecule has 0 amide bonds. The maximum Gasteiger partial charge on any atom is 0.211 e. The van der Waals surface area contributed by atoms with Crippen molar-refractivity contribution in [2.45, 2.75) is 25.0 Å². The van der Waals surface area contributed by atoms with Crippen LogP contribution in [0.2, 0.25) is 0 Å². The molecule has 0 aliphatic carbocycles. The van der Waals surface area contributed by atoms with E-state index in [0.29, 0.717) is 0 Å². The monoisotopic (exact) mass is 359 g/mol. The van der Waals surface area contributed by atoms with Crippen LogP contribution < -0.4 is 9.64 Å². The highest BCUT2D eigenvalue weighted by molar-refractivity contribution is 7.13. The number of ether oxygens (including phenoxy) is 1. The Morgan fingerprint density at radius 2 is 1.85 bits per heavy atom. The van der Waals surface area contributed by atoms with Crippen molar-refractivity contribution < 1.29 is 4.74 Å². The molecule has 1 unspecified atom stereocenters. The van der Waals surface area contributed by atoms with Gasteiger partial charge in [0.25, 0.3) is 0 Å². The summed E-state index contributed by atoms with van der Waals surface area (Å²) >= 11 is 1.76. The van der Waals surface area contributed by atoms with Crippen LogP contribution in [0.1, 0.15) is 25.0 Å². The lowest BCUT2D eigenvalue weighted by Crippen LogP contribution is -2.58. The molecule has 2 nitrogen and oxygen atoms in total. The van der Waals surface area contributed by atoms with Gasteiger partial charge in [0.1, 0.15) is 5.75 Å². The number of benzene rings is 2. The molecule has 0 N–H and O–H groups in total. The molecule has 1 aromatic heterocycles. The van der Waals surface area contributed by atoms with Gasteiger partial charge in [-0.1, -0.05) is 24.3 Å². The molecule has 0 saturated heterocycles. The minimum absolute atomic E-state index is 0.154. The minimum atomic E-state index is -0.506. The molecule has 0 radical (unpaired) electrons. The number of fused-ring (bicyclic) bond motifs is 2. The van der Waals surface area contributed by atoms with Gasteiger partial charge in [-0.25, -0.2) is 0 Å². The molecule has 2 aliphatic heterocycles. The highest BCUT2D eigenvalue weighted by Gasteiger charge is 2.57. The summed E-state index contributed by atoms with van der Waals surface area (Å²) in [6.45, 7) is 4.54. The molecule has 26 heavy (non-hydrogen) atoms. The smallest absolute Gasteiger partial charge is 0.211 e. The highest BCUT2D eigenvalue weighted by atomic mass is 32.1. The molecule has 5 rings (SSSR count). The molecule has 0 bridgehead atoms. The van der Waals surface area contributed by atoms with Gasteiger partial charge in [-0.3, -0.25) is 0 Å². The predicted octanol–water partition coefficient (Wildman–Crippen LogP) is 5.94. The number of anilines is 1. The third-order valence-electron chi connectivity index (χ3n) is 5.90. The van der Waals surface area contributed by atoms with Gasteiger partial charge in [-0.15, -0.1) is 11.3 Å². The van der Waals surface area contributed by atoms with E-state index in [0.717, 1.165) is 11.3 Å². The standard InChI is InChI=1S/C23H21NOS/c1-22(2)18-7-4-5-8-19(18)24(3)23(22)13-12-16-15-17(10-11-20(16)25-23)21-9-6-14-26-21/h4-15H,1-3H3. The van der Waals surface area contributed by atoms with E-state index in [4.69, 9.17) is 4.74 Å². The van der Waals surface area contributed by atoms with E-state index in [2.05, 4.69) is 97.9 Å². The third-order valence-corrected chi connectivity index (χ3v) is 6.82. The molecule has 3 aromatic rings. The van der Waals surface area contributed by atoms with E-state index in [9.17, 15) is 0 Å². The molecule has 0 saturated carbocycles. The first-order chi connectivity index (χ1) is 12.5. The van der Waals surface area contributed by atoms with Gasteiger partial charge in [0.05, 0.1) is 5.41 Å². The van der Waals surface area contributed by atoms with E-state index in [1.165, 1.54) is 21.7 Å². The fraction of sp³-hybridized carbons (Fsp3) is 0.217. The zero-order valence-corrected chi connectivity index (χ0v) is 16.0. The first-order valence-corrected chi connectivity index (χ1v) is 9.80. The number of thiophene rings is 1. The lowest BCUT2D eigenvalue weighted by molar-refractivity contribution is 0.0582. The summed E-state index contributed by atoms with van der Waals surface area (Å²) in [5.41, 5.74) is 4.28. The minimum Gasteiger partial charge on any atom is -0.463 e. The van der Waals surface area contributed by atoms with Crippen molar-refractivity contribution in [1.29, 1.82) is 0 Å². The number of rotatable bonds is 1. The molecule has 0 fully saturated rings. The van der Waals surface area contributed by atoms with Gasteiger partial charge in [-0.2, -0.15) is 0 Å². The Hall–Kier alpha value is -2.52. The van der Waals surface area contributed by atoms with Crippen molar-refractivity contribution in [2.75, 3.05) is 11.9 Å². The van der Waals surface area contributed by atoms with Crippen LogP contribution >= 0.6 is 11.3 Å². The van der Waals surface area contributed by atoms with Crippen LogP contribution in [0, 0.1) is 0 Å². The van der Waals surface area contributed by atoms with Crippen molar-refractivity contribution >= 4 is 23.1 Å². The van der Waals surface area contributed by atoms with E-state index >= 15 is 0 Å². The Kier molecular flexibility index (Phi) is 3.17. The van der Waals surface area contributed by atoms with Gasteiger partial charge in [0.15, 0.2) is 0 Å². The normalized spacial score (nSPS) is 22.2. The van der Waals surface area contributed by atoms with E-state index in [-0.39, 0.29) is 5.41 Å². The van der Waals surface area contributed by atoms with Crippen molar-refractivity contribution in [3.63, 3.8) is 0 Å². The van der Waals surface area contributed by atoms with Crippen LogP contribution in [0.15, 0.2) is 66.1 Å². The van der Waals surface area contributed by atoms with E-state index in [1.54, 1.807) is 11.3 Å². The molecule has 1 spiro atoms. The van der Waals surface area contributed by atoms with Gasteiger partial charge in [0.2, 0.25) is 5.72 Å². The number of likely N-dealkylation sites (N-methyl/N-ethyl adjacent to an activating group) is 1. The molecule has 1 atom stereocenters. The first kappa shape index (κ1) is 15.7. The SMILES string of the molecule is CN1c2ccccc2C(C)(C)C12C=Cc1cc(-c3cccs3)ccc1O2. The van der Waals surface area contributed by atoms with Gasteiger partial charge in [-0.05, 0) is 72.8 Å². The van der Waals surface area contributed by atoms with Crippen LogP contribution in [0.3, 0.4) is 0 Å². The Labute approximate surface area is 158 Å². The molecular formula is C23H21NOS. The maximum atomic E-state index is 6.71. The molecule has 2 aliphatic rings. The molecule has 3 heterocycles. The van der Waals surface area contributed by atoms with Crippen molar-refractivity contribution in [2.24, 2.45) is 0 Å². The lowest BCUT2D eigenvalue weighted by atomic mass is 9.76. The number of hydrogen-bond donors (Lipinski definition) is 0. The first-order valence-electron chi connectivity index (χ1n) is 8.92. The zero-order chi connectivity index (χ0) is 17.9. The summed E-state index contributed by atoms with van der Waals surface area (Å²) in [4.78, 5) is 3.56. The van der Waals surface area contributed by atoms with Gasteiger partial charge >= 0.3 is 0 Å². The average molecular weight is 359 g/mol. The highest BCUT2D eigenvalue weighted by Crippen LogP contribution is 2.54. The van der Waals surface area contributed by atoms with Crippen LogP contribution in [-0.2, 0) is 5.41 Å². The van der Waals surface area contributed by atoms with Crippen LogP contribution in [0.4, 0.5) is 5.69 Å². The maximum absolute atomic E-state index is 6.71. The van der Waals surface area contributed by atoms with Crippen LogP contribution in [0.5, 0.6) is 5.75 Å². The second-order valence-corrected chi connectivity index (χ2v) is 8.51. The van der Waals surface area contributed by atoms with E-state index < -0.39 is 5.72 Å². The Morgan fingerprint density at radius 3 is 2.62 bits per heavy atom. The topological polar surface area (TPSA) is 12.5 Å². The number of hydrogen-bond acceptors (Lipinski definition) is 3. The van der Waals surface area contributed by atoms with Crippen molar-refractivity contribution in [3.05, 3.63) is 77.2 Å². The predicted molar refractivity (Wildman–Crippen MR) is 110 cm³/mol. The molecular weight excluding hydrogens is 338 g/mol. The Bertz CT molecular complexity index is 1020. The summed E-state index contributed by atoms with van der Waals surface area (Å²) < 4.78 is 6.71. The molecule has 130 valence electrons. The Morgan fingerprint density at radius 1 is 1.00 bits per heavy atom. The largest absolute Gasteiger partial charge is 0.463 e. The lowest BCUT2D eigenvalue weighted by Gasteiger charge is -2.45. The quantitative estimate of drug-likeness (QED) is 0.533. The summed E-state index contributed by atoms with van der Waals surface area (Å²) in [5, 5.41) is 2.11. The summed E-state index contributed by atoms with van der Waals surface area (Å²) in [5.74, 6) is 0.945. The zero-order valence-electron chi connectivity index (χ0n) is 15.2. The second kappa shape index (κ2) is 5.24. The fourth-order valence-corrected chi connectivity index (χ4v) is 5.10. The Balaban J connectivity index is 1.61. The van der Waals surface area contributed by atoms with Crippen molar-refractivity contribution in [3.8, 4) is 16.2 Å². The van der Waals surface area contributed by atoms with Crippen LogP contribution in [0.25, 0.3) is 16.5 Å².